The Morgan fingerprint density at radius 1 is 1.61 bits per heavy atom. The Hall–Kier alpha value is -0.750. The SMILES string of the molecule is CCOC(=O)Cc1ncc(C(F)F)c(Cl)c1CBr. The van der Waals surface area contributed by atoms with Gasteiger partial charge in [-0.1, -0.05) is 27.5 Å². The highest BCUT2D eigenvalue weighted by molar-refractivity contribution is 9.08. The number of hydrogen-bond donors (Lipinski definition) is 0. The molecule has 3 nitrogen and oxygen atoms in total. The van der Waals surface area contributed by atoms with Gasteiger partial charge in [0, 0.05) is 17.1 Å². The lowest BCUT2D eigenvalue weighted by Gasteiger charge is -2.11. The zero-order chi connectivity index (χ0) is 13.7. The Morgan fingerprint density at radius 3 is 2.78 bits per heavy atom. The minimum atomic E-state index is -2.69. The molecular formula is C11H11BrClF2NO2. The van der Waals surface area contributed by atoms with Crippen molar-refractivity contribution in [2.24, 2.45) is 0 Å². The first-order chi connectivity index (χ1) is 8.51. The fraction of sp³-hybridized carbons (Fsp3) is 0.455. The Labute approximate surface area is 117 Å². The summed E-state index contributed by atoms with van der Waals surface area (Å²) in [6, 6.07) is 0. The Balaban J connectivity index is 3.07. The van der Waals surface area contributed by atoms with E-state index in [4.69, 9.17) is 16.3 Å². The van der Waals surface area contributed by atoms with Gasteiger partial charge in [0.25, 0.3) is 6.43 Å². The zero-order valence-electron chi connectivity index (χ0n) is 9.55. The standard InChI is InChI=1S/C11H11BrClF2NO2/c1-2-18-9(17)3-8-6(4-12)10(13)7(5-16-8)11(14)15/h5,11H,2-4H2,1H3. The molecule has 0 bridgehead atoms. The summed E-state index contributed by atoms with van der Waals surface area (Å²) in [4.78, 5) is 15.2. The molecule has 1 rings (SSSR count). The molecule has 7 heteroatoms. The highest BCUT2D eigenvalue weighted by Crippen LogP contribution is 2.32. The minimum absolute atomic E-state index is 0.0591. The van der Waals surface area contributed by atoms with Crippen LogP contribution in [-0.4, -0.2) is 17.6 Å². The van der Waals surface area contributed by atoms with Crippen molar-refractivity contribution in [1.29, 1.82) is 0 Å². The molecule has 0 saturated carbocycles. The number of pyridine rings is 1. The van der Waals surface area contributed by atoms with Gasteiger partial charge in [0.2, 0.25) is 0 Å². The lowest BCUT2D eigenvalue weighted by atomic mass is 10.1. The van der Waals surface area contributed by atoms with Gasteiger partial charge in [-0.25, -0.2) is 8.78 Å². The van der Waals surface area contributed by atoms with E-state index < -0.39 is 12.4 Å². The second-order valence-corrected chi connectivity index (χ2v) is 4.31. The van der Waals surface area contributed by atoms with Crippen LogP contribution in [0.2, 0.25) is 5.02 Å². The zero-order valence-corrected chi connectivity index (χ0v) is 11.9. The normalized spacial score (nSPS) is 10.8. The highest BCUT2D eigenvalue weighted by Gasteiger charge is 2.20. The molecule has 0 unspecified atom stereocenters. The summed E-state index contributed by atoms with van der Waals surface area (Å²) >= 11 is 9.02. The van der Waals surface area contributed by atoms with E-state index in [1.54, 1.807) is 6.92 Å². The molecule has 0 aliphatic rings. The van der Waals surface area contributed by atoms with Gasteiger partial charge in [0.05, 0.1) is 29.3 Å². The number of esters is 1. The molecule has 0 saturated heterocycles. The second kappa shape index (κ2) is 6.99. The van der Waals surface area contributed by atoms with Crippen LogP contribution in [0, 0.1) is 0 Å². The summed E-state index contributed by atoms with van der Waals surface area (Å²) in [5, 5.41) is 0.185. The Bertz CT molecular complexity index is 443. The summed E-state index contributed by atoms with van der Waals surface area (Å²) < 4.78 is 30.0. The molecular weight excluding hydrogens is 331 g/mol. The molecule has 18 heavy (non-hydrogen) atoms. The summed E-state index contributed by atoms with van der Waals surface area (Å²) in [5.41, 5.74) is 0.404. The predicted octanol–water partition coefficient (Wildman–Crippen LogP) is 3.67. The number of carbonyl (C=O) groups is 1. The fourth-order valence-corrected chi connectivity index (χ4v) is 2.44. The number of rotatable bonds is 5. The molecule has 0 aliphatic carbocycles. The molecule has 0 atom stereocenters. The molecule has 1 aromatic rings. The average Bonchev–Trinajstić information content (AvgIpc) is 2.29. The Morgan fingerprint density at radius 2 is 2.28 bits per heavy atom. The topological polar surface area (TPSA) is 39.2 Å². The molecule has 0 aromatic carbocycles. The van der Waals surface area contributed by atoms with Gasteiger partial charge in [-0.15, -0.1) is 0 Å². The maximum Gasteiger partial charge on any atom is 0.311 e. The fourth-order valence-electron chi connectivity index (χ4n) is 1.37. The molecule has 0 spiro atoms. The number of aromatic nitrogens is 1. The first-order valence-electron chi connectivity index (χ1n) is 5.17. The van der Waals surface area contributed by atoms with Crippen molar-refractivity contribution in [2.75, 3.05) is 6.61 Å². The van der Waals surface area contributed by atoms with E-state index in [-0.39, 0.29) is 28.9 Å². The third-order valence-electron chi connectivity index (χ3n) is 2.21. The summed E-state index contributed by atoms with van der Waals surface area (Å²) in [5.74, 6) is -0.465. The molecule has 1 heterocycles. The van der Waals surface area contributed by atoms with Crippen LogP contribution < -0.4 is 0 Å². The third kappa shape index (κ3) is 3.62. The van der Waals surface area contributed by atoms with Crippen LogP contribution in [-0.2, 0) is 21.3 Å². The van der Waals surface area contributed by atoms with Gasteiger partial charge in [0.15, 0.2) is 0 Å². The molecule has 0 radical (unpaired) electrons. The average molecular weight is 343 g/mol. The van der Waals surface area contributed by atoms with Crippen molar-refractivity contribution in [3.8, 4) is 0 Å². The highest BCUT2D eigenvalue weighted by atomic mass is 79.9. The van der Waals surface area contributed by atoms with Gasteiger partial charge in [0.1, 0.15) is 0 Å². The first-order valence-corrected chi connectivity index (χ1v) is 6.67. The minimum Gasteiger partial charge on any atom is -0.466 e. The van der Waals surface area contributed by atoms with Crippen molar-refractivity contribution in [3.63, 3.8) is 0 Å². The number of carbonyl (C=O) groups excluding carboxylic acids is 1. The van der Waals surface area contributed by atoms with Gasteiger partial charge >= 0.3 is 5.97 Å². The van der Waals surface area contributed by atoms with Gasteiger partial charge < -0.3 is 4.74 Å². The number of nitrogens with zero attached hydrogens (tertiary/aromatic N) is 1. The maximum atomic E-state index is 12.6. The van der Waals surface area contributed by atoms with Gasteiger partial charge in [-0.2, -0.15) is 0 Å². The van der Waals surface area contributed by atoms with E-state index in [9.17, 15) is 13.6 Å². The number of halogens is 4. The molecule has 0 N–H and O–H groups in total. The second-order valence-electron chi connectivity index (χ2n) is 3.37. The van der Waals surface area contributed by atoms with Crippen LogP contribution in [0.5, 0.6) is 0 Å². The van der Waals surface area contributed by atoms with Crippen molar-refractivity contribution in [1.82, 2.24) is 4.98 Å². The van der Waals surface area contributed by atoms with E-state index in [1.165, 1.54) is 0 Å². The number of hydrogen-bond acceptors (Lipinski definition) is 3. The van der Waals surface area contributed by atoms with Crippen LogP contribution in [0.1, 0.15) is 30.2 Å². The van der Waals surface area contributed by atoms with Crippen molar-refractivity contribution >= 4 is 33.5 Å². The quantitative estimate of drug-likeness (QED) is 0.605. The van der Waals surface area contributed by atoms with Crippen LogP contribution >= 0.6 is 27.5 Å². The molecule has 0 aliphatic heterocycles. The predicted molar refractivity (Wildman–Crippen MR) is 67.2 cm³/mol. The van der Waals surface area contributed by atoms with Gasteiger partial charge in [-0.3, -0.25) is 9.78 Å². The van der Waals surface area contributed by atoms with E-state index in [1.807, 2.05) is 0 Å². The van der Waals surface area contributed by atoms with Crippen molar-refractivity contribution < 1.29 is 18.3 Å². The lowest BCUT2D eigenvalue weighted by Crippen LogP contribution is -2.11. The first kappa shape index (κ1) is 15.3. The van der Waals surface area contributed by atoms with E-state index in [2.05, 4.69) is 20.9 Å². The van der Waals surface area contributed by atoms with E-state index in [0.29, 0.717) is 11.3 Å². The van der Waals surface area contributed by atoms with Crippen LogP contribution in [0.25, 0.3) is 0 Å². The van der Waals surface area contributed by atoms with E-state index in [0.717, 1.165) is 6.20 Å². The Kier molecular flexibility index (Phi) is 5.95. The number of ether oxygens (including phenoxy) is 1. The third-order valence-corrected chi connectivity index (χ3v) is 3.22. The largest absolute Gasteiger partial charge is 0.466 e. The van der Waals surface area contributed by atoms with Gasteiger partial charge in [-0.05, 0) is 6.92 Å². The smallest absolute Gasteiger partial charge is 0.311 e. The van der Waals surface area contributed by atoms with E-state index >= 15 is 0 Å². The van der Waals surface area contributed by atoms with Crippen molar-refractivity contribution in [3.05, 3.63) is 28.0 Å². The maximum absolute atomic E-state index is 12.6. The molecule has 0 amide bonds. The number of alkyl halides is 3. The molecule has 100 valence electrons. The summed E-state index contributed by atoms with van der Waals surface area (Å²) in [7, 11) is 0. The van der Waals surface area contributed by atoms with Crippen LogP contribution in [0.4, 0.5) is 8.78 Å². The van der Waals surface area contributed by atoms with Crippen molar-refractivity contribution in [2.45, 2.75) is 25.1 Å². The monoisotopic (exact) mass is 341 g/mol. The molecule has 0 fully saturated rings. The molecule has 1 aromatic heterocycles. The van der Waals surface area contributed by atoms with Crippen LogP contribution in [0.3, 0.4) is 0 Å². The lowest BCUT2D eigenvalue weighted by molar-refractivity contribution is -0.142. The van der Waals surface area contributed by atoms with Crippen LogP contribution in [0.15, 0.2) is 6.20 Å². The summed E-state index contributed by atoms with van der Waals surface area (Å²) in [6.07, 6.45) is -1.79. The summed E-state index contributed by atoms with van der Waals surface area (Å²) in [6.45, 7) is 1.94.